The number of aromatic nitrogens is 1. The van der Waals surface area contributed by atoms with Crippen molar-refractivity contribution >= 4 is 10.8 Å². The molecular weight excluding hydrogens is 306 g/mol. The van der Waals surface area contributed by atoms with Crippen molar-refractivity contribution < 1.29 is 0 Å². The average Bonchev–Trinajstić information content (AvgIpc) is 2.65. The van der Waals surface area contributed by atoms with Gasteiger partial charge in [-0.3, -0.25) is 4.79 Å². The first kappa shape index (κ1) is 15.4. The van der Waals surface area contributed by atoms with E-state index in [9.17, 15) is 4.79 Å². The Morgan fingerprint density at radius 3 is 2.44 bits per heavy atom. The molecule has 2 heteroatoms. The maximum atomic E-state index is 12.4. The van der Waals surface area contributed by atoms with Crippen LogP contribution in [0.15, 0.2) is 89.9 Å². The van der Waals surface area contributed by atoms with Crippen LogP contribution in [0.5, 0.6) is 0 Å². The van der Waals surface area contributed by atoms with E-state index in [0.717, 1.165) is 11.1 Å². The maximum Gasteiger partial charge on any atom is 0.253 e. The van der Waals surface area contributed by atoms with Gasteiger partial charge in [-0.05, 0) is 46.5 Å². The fraction of sp³-hybridized carbons (Fsp3) is 0.0870. The van der Waals surface area contributed by atoms with E-state index in [-0.39, 0.29) is 5.56 Å². The summed E-state index contributed by atoms with van der Waals surface area (Å²) in [5.41, 5.74) is 4.32. The lowest BCUT2D eigenvalue weighted by molar-refractivity contribution is 0.754. The van der Waals surface area contributed by atoms with E-state index < -0.39 is 0 Å². The molecule has 3 aromatic carbocycles. The molecule has 0 bridgehead atoms. The zero-order valence-electron chi connectivity index (χ0n) is 14.1. The third kappa shape index (κ3) is 2.99. The molecule has 0 aliphatic carbocycles. The molecule has 0 fully saturated rings. The number of hydrogen-bond donors (Lipinski definition) is 0. The van der Waals surface area contributed by atoms with Gasteiger partial charge in [-0.25, -0.2) is 0 Å². The molecule has 25 heavy (non-hydrogen) atoms. The molecule has 0 radical (unpaired) electrons. The molecule has 0 aliphatic rings. The lowest BCUT2D eigenvalue weighted by Gasteiger charge is -2.13. The van der Waals surface area contributed by atoms with Crippen molar-refractivity contribution in [2.45, 2.75) is 13.5 Å². The third-order valence-electron chi connectivity index (χ3n) is 4.63. The summed E-state index contributed by atoms with van der Waals surface area (Å²) in [6, 6.07) is 27.0. The fourth-order valence-corrected chi connectivity index (χ4v) is 3.26. The van der Waals surface area contributed by atoms with Crippen molar-refractivity contribution in [2.75, 3.05) is 0 Å². The van der Waals surface area contributed by atoms with Gasteiger partial charge in [0.2, 0.25) is 0 Å². The predicted molar refractivity (Wildman–Crippen MR) is 104 cm³/mol. The number of aryl methyl sites for hydroxylation is 1. The minimum absolute atomic E-state index is 0.0656. The van der Waals surface area contributed by atoms with Crippen LogP contribution in [0.4, 0.5) is 0 Å². The molecule has 4 rings (SSSR count). The number of pyridine rings is 1. The van der Waals surface area contributed by atoms with E-state index in [1.165, 1.54) is 21.9 Å². The van der Waals surface area contributed by atoms with Crippen LogP contribution >= 0.6 is 0 Å². The second kappa shape index (κ2) is 6.40. The van der Waals surface area contributed by atoms with Crippen LogP contribution in [0, 0.1) is 6.92 Å². The molecule has 0 saturated carbocycles. The van der Waals surface area contributed by atoms with Gasteiger partial charge in [0.25, 0.3) is 5.56 Å². The van der Waals surface area contributed by atoms with E-state index in [1.807, 2.05) is 37.4 Å². The highest BCUT2D eigenvalue weighted by molar-refractivity contribution is 5.87. The monoisotopic (exact) mass is 325 g/mol. The van der Waals surface area contributed by atoms with Crippen molar-refractivity contribution in [3.8, 4) is 11.1 Å². The highest BCUT2D eigenvalue weighted by Crippen LogP contribution is 2.27. The highest BCUT2D eigenvalue weighted by Gasteiger charge is 2.07. The molecule has 1 heterocycles. The zero-order chi connectivity index (χ0) is 17.2. The molecule has 0 saturated heterocycles. The van der Waals surface area contributed by atoms with Gasteiger partial charge in [0.1, 0.15) is 0 Å². The van der Waals surface area contributed by atoms with Crippen LogP contribution in [0.3, 0.4) is 0 Å². The van der Waals surface area contributed by atoms with Gasteiger partial charge >= 0.3 is 0 Å². The average molecular weight is 325 g/mol. The largest absolute Gasteiger partial charge is 0.311 e. The molecule has 0 N–H and O–H groups in total. The summed E-state index contributed by atoms with van der Waals surface area (Å²) in [6.45, 7) is 2.43. The maximum absolute atomic E-state index is 12.4. The molecule has 122 valence electrons. The molecule has 0 unspecified atom stereocenters. The first-order chi connectivity index (χ1) is 12.2. The summed E-state index contributed by atoms with van der Waals surface area (Å²) in [5, 5.41) is 2.46. The summed E-state index contributed by atoms with van der Waals surface area (Å²) < 4.78 is 1.77. The van der Waals surface area contributed by atoms with Crippen molar-refractivity contribution in [1.82, 2.24) is 4.57 Å². The van der Waals surface area contributed by atoms with Gasteiger partial charge in [-0.2, -0.15) is 0 Å². The van der Waals surface area contributed by atoms with Gasteiger partial charge in [-0.15, -0.1) is 0 Å². The number of rotatable bonds is 3. The van der Waals surface area contributed by atoms with Gasteiger partial charge in [0.05, 0.1) is 6.54 Å². The Kier molecular flexibility index (Phi) is 3.95. The Bertz CT molecular complexity index is 1110. The lowest BCUT2D eigenvalue weighted by atomic mass is 9.97. The second-order valence-electron chi connectivity index (χ2n) is 6.34. The van der Waals surface area contributed by atoms with Crippen LogP contribution in [-0.2, 0) is 6.54 Å². The van der Waals surface area contributed by atoms with Gasteiger partial charge in [0.15, 0.2) is 0 Å². The zero-order valence-corrected chi connectivity index (χ0v) is 14.1. The van der Waals surface area contributed by atoms with Gasteiger partial charge in [0, 0.05) is 11.8 Å². The van der Waals surface area contributed by atoms with Crippen molar-refractivity contribution in [3.63, 3.8) is 0 Å². The minimum atomic E-state index is 0.0656. The Morgan fingerprint density at radius 2 is 1.56 bits per heavy atom. The SMILES string of the molecule is Cc1cccn(Cc2ccccc2-c2ccc3ccccc3c2)c1=O. The van der Waals surface area contributed by atoms with Crippen molar-refractivity contribution in [2.24, 2.45) is 0 Å². The van der Waals surface area contributed by atoms with E-state index in [2.05, 4.69) is 54.6 Å². The van der Waals surface area contributed by atoms with Gasteiger partial charge < -0.3 is 4.57 Å². The molecule has 0 amide bonds. The van der Waals surface area contributed by atoms with Crippen LogP contribution < -0.4 is 5.56 Å². The Labute approximate surface area is 147 Å². The van der Waals surface area contributed by atoms with E-state index in [0.29, 0.717) is 6.54 Å². The molecular formula is C23H19NO. The van der Waals surface area contributed by atoms with Crippen LogP contribution in [0.1, 0.15) is 11.1 Å². The van der Waals surface area contributed by atoms with E-state index >= 15 is 0 Å². The molecule has 2 nitrogen and oxygen atoms in total. The standard InChI is InChI=1S/C23H19NO/c1-17-7-6-14-24(23(17)25)16-21-10-4-5-11-22(21)20-13-12-18-8-2-3-9-19(18)15-20/h2-15H,16H2,1H3. The van der Waals surface area contributed by atoms with Gasteiger partial charge in [-0.1, -0.05) is 66.7 Å². The summed E-state index contributed by atoms with van der Waals surface area (Å²) >= 11 is 0. The Hall–Kier alpha value is -3.13. The summed E-state index contributed by atoms with van der Waals surface area (Å²) in [6.07, 6.45) is 1.85. The smallest absolute Gasteiger partial charge is 0.253 e. The summed E-state index contributed by atoms with van der Waals surface area (Å²) in [4.78, 5) is 12.4. The Balaban J connectivity index is 1.80. The fourth-order valence-electron chi connectivity index (χ4n) is 3.26. The topological polar surface area (TPSA) is 22.0 Å². The molecule has 1 aromatic heterocycles. The van der Waals surface area contributed by atoms with E-state index in [1.54, 1.807) is 4.57 Å². The molecule has 0 atom stereocenters. The van der Waals surface area contributed by atoms with Crippen LogP contribution in [0.25, 0.3) is 21.9 Å². The van der Waals surface area contributed by atoms with Crippen molar-refractivity contribution in [1.29, 1.82) is 0 Å². The normalized spacial score (nSPS) is 10.9. The quantitative estimate of drug-likeness (QED) is 0.518. The number of nitrogens with zero attached hydrogens (tertiary/aromatic N) is 1. The predicted octanol–water partition coefficient (Wildman–Crippen LogP) is 5.03. The minimum Gasteiger partial charge on any atom is -0.311 e. The molecule has 0 spiro atoms. The first-order valence-electron chi connectivity index (χ1n) is 8.45. The molecule has 0 aliphatic heterocycles. The number of hydrogen-bond acceptors (Lipinski definition) is 1. The number of benzene rings is 3. The van der Waals surface area contributed by atoms with Crippen LogP contribution in [0.2, 0.25) is 0 Å². The Morgan fingerprint density at radius 1 is 0.800 bits per heavy atom. The van der Waals surface area contributed by atoms with E-state index in [4.69, 9.17) is 0 Å². The number of fused-ring (bicyclic) bond motifs is 1. The summed E-state index contributed by atoms with van der Waals surface area (Å²) in [5.74, 6) is 0. The lowest BCUT2D eigenvalue weighted by Crippen LogP contribution is -2.21. The molecule has 4 aromatic rings. The second-order valence-corrected chi connectivity index (χ2v) is 6.34. The highest BCUT2D eigenvalue weighted by atomic mass is 16.1. The third-order valence-corrected chi connectivity index (χ3v) is 4.63. The van der Waals surface area contributed by atoms with Crippen LogP contribution in [-0.4, -0.2) is 4.57 Å². The summed E-state index contributed by atoms with van der Waals surface area (Å²) in [7, 11) is 0. The van der Waals surface area contributed by atoms with Crippen molar-refractivity contribution in [3.05, 3.63) is 107 Å². The first-order valence-corrected chi connectivity index (χ1v) is 8.45.